The first-order chi connectivity index (χ1) is 16.1. The summed E-state index contributed by atoms with van der Waals surface area (Å²) in [6.07, 6.45) is 6.81. The third-order valence-corrected chi connectivity index (χ3v) is 6.01. The first kappa shape index (κ1) is 20.9. The highest BCUT2D eigenvalue weighted by Crippen LogP contribution is 2.31. The molecule has 1 aliphatic heterocycles. The zero-order valence-electron chi connectivity index (χ0n) is 18.5. The van der Waals surface area contributed by atoms with Crippen LogP contribution in [0, 0.1) is 0 Å². The predicted molar refractivity (Wildman–Crippen MR) is 125 cm³/mol. The van der Waals surface area contributed by atoms with E-state index in [0.29, 0.717) is 12.4 Å². The van der Waals surface area contributed by atoms with Gasteiger partial charge in [-0.05, 0) is 50.1 Å². The largest absolute Gasteiger partial charge is 0.340 e. The number of aromatic nitrogens is 6. The number of hydrogen-bond acceptors (Lipinski definition) is 8. The maximum Gasteiger partial charge on any atom is 0.219 e. The number of nitrogens with one attached hydrogen (secondary N) is 1. The number of carbonyl (C=O) groups excluding carboxylic acids is 1. The van der Waals surface area contributed by atoms with Crippen LogP contribution in [0.25, 0.3) is 22.3 Å². The van der Waals surface area contributed by atoms with Crippen LogP contribution in [0.4, 0.5) is 11.5 Å². The average Bonchev–Trinajstić information content (AvgIpc) is 2.84. The number of benzene rings is 1. The molecule has 1 amide bonds. The molecule has 4 heterocycles. The highest BCUT2D eigenvalue weighted by Gasteiger charge is 2.30. The molecule has 0 bridgehead atoms. The summed E-state index contributed by atoms with van der Waals surface area (Å²) in [7, 11) is 0. The highest BCUT2D eigenvalue weighted by atomic mass is 16.2. The predicted octanol–water partition coefficient (Wildman–Crippen LogP) is 3.73. The van der Waals surface area contributed by atoms with Gasteiger partial charge in [0.2, 0.25) is 5.91 Å². The van der Waals surface area contributed by atoms with Crippen molar-refractivity contribution in [1.29, 1.82) is 0 Å². The standard InChI is InChI=1S/C24H24N8O/c1-15-5-6-18(13-32(15)16(2)33)24-29-21(17-4-3-9-25-12-17)11-23(30-24)28-19-7-8-20-22(10-19)26-14-27-31-20/h3-4,7-12,14-15,18H,5-6,13H2,1-2H3,(H,28,29,30)/t15-,18+/m0/s1. The summed E-state index contributed by atoms with van der Waals surface area (Å²) in [4.78, 5) is 32.3. The van der Waals surface area contributed by atoms with Crippen LogP contribution in [-0.2, 0) is 4.79 Å². The number of pyridine rings is 1. The first-order valence-electron chi connectivity index (χ1n) is 11.0. The number of nitrogens with zero attached hydrogens (tertiary/aromatic N) is 7. The Labute approximate surface area is 191 Å². The molecule has 0 aliphatic carbocycles. The van der Waals surface area contributed by atoms with Crippen molar-refractivity contribution in [2.45, 2.75) is 38.6 Å². The molecule has 2 atom stereocenters. The summed E-state index contributed by atoms with van der Waals surface area (Å²) in [5.41, 5.74) is 4.01. The average molecular weight is 441 g/mol. The van der Waals surface area contributed by atoms with E-state index < -0.39 is 0 Å². The molecule has 1 aliphatic rings. The summed E-state index contributed by atoms with van der Waals surface area (Å²) in [6.45, 7) is 4.33. The fraction of sp³-hybridized carbons (Fsp3) is 0.292. The molecule has 9 nitrogen and oxygen atoms in total. The maximum atomic E-state index is 12.1. The smallest absolute Gasteiger partial charge is 0.219 e. The summed E-state index contributed by atoms with van der Waals surface area (Å²) >= 11 is 0. The van der Waals surface area contributed by atoms with E-state index in [4.69, 9.17) is 9.97 Å². The van der Waals surface area contributed by atoms with E-state index in [0.717, 1.165) is 46.6 Å². The van der Waals surface area contributed by atoms with Crippen molar-refractivity contribution >= 4 is 28.4 Å². The third kappa shape index (κ3) is 4.48. The zero-order chi connectivity index (χ0) is 22.8. The molecule has 1 saturated heterocycles. The number of hydrogen-bond donors (Lipinski definition) is 1. The van der Waals surface area contributed by atoms with E-state index in [9.17, 15) is 4.79 Å². The fourth-order valence-electron chi connectivity index (χ4n) is 4.24. The molecule has 1 fully saturated rings. The van der Waals surface area contributed by atoms with Crippen molar-refractivity contribution in [3.05, 3.63) is 60.9 Å². The summed E-state index contributed by atoms with van der Waals surface area (Å²) < 4.78 is 0. The van der Waals surface area contributed by atoms with Crippen LogP contribution in [0.3, 0.4) is 0 Å². The lowest BCUT2D eigenvalue weighted by Gasteiger charge is -2.37. The van der Waals surface area contributed by atoms with Crippen LogP contribution in [0.2, 0.25) is 0 Å². The van der Waals surface area contributed by atoms with Crippen LogP contribution in [0.1, 0.15) is 38.4 Å². The first-order valence-corrected chi connectivity index (χ1v) is 11.0. The fourth-order valence-corrected chi connectivity index (χ4v) is 4.24. The van der Waals surface area contributed by atoms with E-state index in [1.807, 2.05) is 41.3 Å². The minimum absolute atomic E-state index is 0.0656. The van der Waals surface area contributed by atoms with Crippen LogP contribution in [0.5, 0.6) is 0 Å². The van der Waals surface area contributed by atoms with Crippen molar-refractivity contribution in [2.24, 2.45) is 0 Å². The van der Waals surface area contributed by atoms with Gasteiger partial charge in [0, 0.05) is 55.1 Å². The molecular weight excluding hydrogens is 416 g/mol. The molecular formula is C24H24N8O. The van der Waals surface area contributed by atoms with E-state index in [1.54, 1.807) is 19.3 Å². The van der Waals surface area contributed by atoms with Crippen molar-refractivity contribution < 1.29 is 4.79 Å². The van der Waals surface area contributed by atoms with Gasteiger partial charge in [-0.15, -0.1) is 10.2 Å². The SMILES string of the molecule is CC(=O)N1C[C@H](c2nc(Nc3ccc4nncnc4c3)cc(-c3cccnc3)n2)CC[C@@H]1C. The van der Waals surface area contributed by atoms with Gasteiger partial charge in [-0.3, -0.25) is 9.78 Å². The topological polar surface area (TPSA) is 110 Å². The van der Waals surface area contributed by atoms with Gasteiger partial charge in [0.1, 0.15) is 23.5 Å². The van der Waals surface area contributed by atoms with Gasteiger partial charge in [-0.25, -0.2) is 15.0 Å². The maximum absolute atomic E-state index is 12.1. The van der Waals surface area contributed by atoms with Crippen LogP contribution >= 0.6 is 0 Å². The minimum Gasteiger partial charge on any atom is -0.340 e. The Morgan fingerprint density at radius 3 is 2.85 bits per heavy atom. The molecule has 4 aromatic rings. The number of rotatable bonds is 4. The molecule has 3 aromatic heterocycles. The minimum atomic E-state index is 0.0656. The molecule has 1 aromatic carbocycles. The zero-order valence-corrected chi connectivity index (χ0v) is 18.5. The summed E-state index contributed by atoms with van der Waals surface area (Å²) in [5.74, 6) is 1.55. The number of amides is 1. The highest BCUT2D eigenvalue weighted by molar-refractivity contribution is 5.79. The van der Waals surface area contributed by atoms with Crippen molar-refractivity contribution in [3.63, 3.8) is 0 Å². The van der Waals surface area contributed by atoms with Gasteiger partial charge < -0.3 is 10.2 Å². The Morgan fingerprint density at radius 2 is 2.03 bits per heavy atom. The van der Waals surface area contributed by atoms with Crippen LogP contribution < -0.4 is 5.32 Å². The molecule has 33 heavy (non-hydrogen) atoms. The molecule has 9 heteroatoms. The van der Waals surface area contributed by atoms with Crippen LogP contribution in [-0.4, -0.2) is 53.5 Å². The molecule has 166 valence electrons. The van der Waals surface area contributed by atoms with Crippen molar-refractivity contribution in [1.82, 2.24) is 35.0 Å². The summed E-state index contributed by atoms with van der Waals surface area (Å²) in [5, 5.41) is 11.3. The quantitative estimate of drug-likeness (QED) is 0.511. The monoisotopic (exact) mass is 440 g/mol. The number of fused-ring (bicyclic) bond motifs is 1. The Hall–Kier alpha value is -4.01. The third-order valence-electron chi connectivity index (χ3n) is 6.01. The summed E-state index contributed by atoms with van der Waals surface area (Å²) in [6, 6.07) is 11.7. The Kier molecular flexibility index (Phi) is 5.60. The second-order valence-corrected chi connectivity index (χ2v) is 8.32. The normalized spacial score (nSPS) is 18.3. The van der Waals surface area contributed by atoms with E-state index in [1.165, 1.54) is 6.33 Å². The molecule has 0 unspecified atom stereocenters. The molecule has 0 radical (unpaired) electrons. The molecule has 5 rings (SSSR count). The van der Waals surface area contributed by atoms with Crippen LogP contribution in [0.15, 0.2) is 55.1 Å². The van der Waals surface area contributed by atoms with Gasteiger partial charge in [0.15, 0.2) is 0 Å². The Bertz CT molecular complexity index is 1300. The number of likely N-dealkylation sites (tertiary alicyclic amines) is 1. The van der Waals surface area contributed by atoms with Gasteiger partial charge in [-0.2, -0.15) is 0 Å². The van der Waals surface area contributed by atoms with E-state index in [-0.39, 0.29) is 17.9 Å². The number of anilines is 2. The lowest BCUT2D eigenvalue weighted by molar-refractivity contribution is -0.132. The lowest BCUT2D eigenvalue weighted by Crippen LogP contribution is -2.44. The van der Waals surface area contributed by atoms with Gasteiger partial charge >= 0.3 is 0 Å². The number of carbonyl (C=O) groups is 1. The van der Waals surface area contributed by atoms with Crippen molar-refractivity contribution in [2.75, 3.05) is 11.9 Å². The van der Waals surface area contributed by atoms with Gasteiger partial charge in [0.05, 0.1) is 11.2 Å². The van der Waals surface area contributed by atoms with E-state index >= 15 is 0 Å². The molecule has 0 spiro atoms. The molecule has 0 saturated carbocycles. The Balaban J connectivity index is 1.52. The second-order valence-electron chi connectivity index (χ2n) is 8.32. The second kappa shape index (κ2) is 8.85. The lowest BCUT2D eigenvalue weighted by atomic mass is 9.92. The van der Waals surface area contributed by atoms with Gasteiger partial charge in [0.25, 0.3) is 0 Å². The molecule has 1 N–H and O–H groups in total. The van der Waals surface area contributed by atoms with Crippen molar-refractivity contribution in [3.8, 4) is 11.3 Å². The van der Waals surface area contributed by atoms with Gasteiger partial charge in [-0.1, -0.05) is 0 Å². The Morgan fingerprint density at radius 1 is 1.12 bits per heavy atom. The number of piperidine rings is 1. The van der Waals surface area contributed by atoms with E-state index in [2.05, 4.69) is 32.4 Å².